The van der Waals surface area contributed by atoms with Crippen molar-refractivity contribution >= 4 is 46.2 Å². The van der Waals surface area contributed by atoms with Crippen LogP contribution >= 0.6 is 22.6 Å². The first-order valence-electron chi connectivity index (χ1n) is 4.21. The fourth-order valence-corrected chi connectivity index (χ4v) is 2.04. The molecular weight excluding hydrogens is 309 g/mol. The number of carboxylic acid groups (broad SMARTS) is 1. The molecule has 0 aliphatic carbocycles. The Morgan fingerprint density at radius 3 is 2.87 bits per heavy atom. The maximum Gasteiger partial charge on any atom is 0.319 e. The number of nitrogens with zero attached hydrogens (tertiary/aromatic N) is 1. The summed E-state index contributed by atoms with van der Waals surface area (Å²) in [5.41, 5.74) is 0.956. The Balaban J connectivity index is 2.56. The molecule has 0 spiro atoms. The first kappa shape index (κ1) is 10.3. The van der Waals surface area contributed by atoms with Crippen LogP contribution in [0.5, 0.6) is 0 Å². The molecule has 2 rings (SSSR count). The molecule has 1 atom stereocenters. The normalized spacial score (nSPS) is 18.7. The molecule has 0 radical (unpaired) electrons. The smallest absolute Gasteiger partial charge is 0.319 e. The van der Waals surface area contributed by atoms with Gasteiger partial charge in [0.2, 0.25) is 0 Å². The van der Waals surface area contributed by atoms with Crippen LogP contribution in [0.3, 0.4) is 0 Å². The van der Waals surface area contributed by atoms with Gasteiger partial charge in [-0.15, -0.1) is 0 Å². The van der Waals surface area contributed by atoms with Crippen molar-refractivity contribution in [2.45, 2.75) is 0 Å². The number of halogens is 1. The van der Waals surface area contributed by atoms with Crippen molar-refractivity contribution in [2.24, 2.45) is 10.9 Å². The van der Waals surface area contributed by atoms with Crippen LogP contribution in [0.25, 0.3) is 0 Å². The third kappa shape index (κ3) is 1.67. The summed E-state index contributed by atoms with van der Waals surface area (Å²) in [5, 5.41) is 8.79. The van der Waals surface area contributed by atoms with Crippen LogP contribution in [0.4, 0.5) is 5.69 Å². The highest BCUT2D eigenvalue weighted by atomic mass is 127. The van der Waals surface area contributed by atoms with Crippen LogP contribution in [0, 0.1) is 9.49 Å². The zero-order valence-electron chi connectivity index (χ0n) is 7.48. The lowest BCUT2D eigenvalue weighted by Gasteiger charge is -2.14. The first-order valence-corrected chi connectivity index (χ1v) is 5.29. The second-order valence-corrected chi connectivity index (χ2v) is 4.26. The number of ketones is 1. The van der Waals surface area contributed by atoms with Gasteiger partial charge in [0.25, 0.3) is 0 Å². The van der Waals surface area contributed by atoms with Gasteiger partial charge in [0, 0.05) is 15.3 Å². The summed E-state index contributed by atoms with van der Waals surface area (Å²) < 4.78 is 0.846. The predicted molar refractivity (Wildman–Crippen MR) is 62.8 cm³/mol. The van der Waals surface area contributed by atoms with Gasteiger partial charge in [0.1, 0.15) is 0 Å². The predicted octanol–water partition coefficient (Wildman–Crippen LogP) is 1.89. The monoisotopic (exact) mass is 315 g/mol. The minimum absolute atomic E-state index is 0.386. The van der Waals surface area contributed by atoms with E-state index in [1.54, 1.807) is 12.1 Å². The number of hydrogen-bond donors (Lipinski definition) is 1. The molecule has 0 saturated carbocycles. The molecule has 1 aliphatic rings. The Morgan fingerprint density at radius 1 is 1.47 bits per heavy atom. The van der Waals surface area contributed by atoms with E-state index in [0.29, 0.717) is 11.3 Å². The van der Waals surface area contributed by atoms with Crippen LogP contribution in [0.1, 0.15) is 10.4 Å². The topological polar surface area (TPSA) is 66.7 Å². The van der Waals surface area contributed by atoms with E-state index in [2.05, 4.69) is 27.6 Å². The van der Waals surface area contributed by atoms with Gasteiger partial charge < -0.3 is 5.11 Å². The SMILES string of the molecule is O=C(O)C1C=Nc2c(I)cccc2C1=O. The number of benzene rings is 1. The van der Waals surface area contributed by atoms with Crippen LogP contribution in [0.2, 0.25) is 0 Å². The van der Waals surface area contributed by atoms with Gasteiger partial charge in [0.05, 0.1) is 5.69 Å². The van der Waals surface area contributed by atoms with Crippen LogP contribution in [0.15, 0.2) is 23.2 Å². The minimum atomic E-state index is -1.16. The van der Waals surface area contributed by atoms with E-state index in [4.69, 9.17) is 5.11 Å². The van der Waals surface area contributed by atoms with Crippen molar-refractivity contribution < 1.29 is 14.7 Å². The third-order valence-corrected chi connectivity index (χ3v) is 3.02. The van der Waals surface area contributed by atoms with Crippen molar-refractivity contribution in [3.8, 4) is 0 Å². The van der Waals surface area contributed by atoms with E-state index in [9.17, 15) is 9.59 Å². The molecule has 1 aromatic rings. The number of aliphatic imine (C=N–C) groups is 1. The standard InChI is InChI=1S/C10H6INO3/c11-7-3-1-2-5-8(7)12-4-6(9(5)13)10(14)15/h1-4,6H,(H,14,15). The van der Waals surface area contributed by atoms with Crippen LogP contribution in [-0.2, 0) is 4.79 Å². The van der Waals surface area contributed by atoms with Crippen molar-refractivity contribution in [1.29, 1.82) is 0 Å². The lowest BCUT2D eigenvalue weighted by Crippen LogP contribution is -2.27. The summed E-state index contributed by atoms with van der Waals surface area (Å²) in [6.45, 7) is 0. The number of hydrogen-bond acceptors (Lipinski definition) is 3. The summed E-state index contributed by atoms with van der Waals surface area (Å²) in [4.78, 5) is 26.5. The van der Waals surface area contributed by atoms with E-state index < -0.39 is 17.7 Å². The van der Waals surface area contributed by atoms with E-state index in [-0.39, 0.29) is 0 Å². The zero-order chi connectivity index (χ0) is 11.0. The summed E-state index contributed by atoms with van der Waals surface area (Å²) in [7, 11) is 0. The summed E-state index contributed by atoms with van der Waals surface area (Å²) in [5.74, 6) is -2.70. The van der Waals surface area contributed by atoms with Gasteiger partial charge in [-0.2, -0.15) is 0 Å². The highest BCUT2D eigenvalue weighted by Crippen LogP contribution is 2.30. The Morgan fingerprint density at radius 2 is 2.20 bits per heavy atom. The average Bonchev–Trinajstić information content (AvgIpc) is 2.19. The minimum Gasteiger partial charge on any atom is -0.480 e. The van der Waals surface area contributed by atoms with Crippen molar-refractivity contribution in [2.75, 3.05) is 0 Å². The number of carbonyl (C=O) groups excluding carboxylic acids is 1. The van der Waals surface area contributed by atoms with Gasteiger partial charge in [-0.25, -0.2) is 0 Å². The molecule has 1 heterocycles. The maximum absolute atomic E-state index is 11.7. The Bertz CT molecular complexity index is 482. The number of Topliss-reactive ketones (excluding diaryl/α,β-unsaturated/α-hetero) is 1. The van der Waals surface area contributed by atoms with Gasteiger partial charge >= 0.3 is 5.97 Å². The summed E-state index contributed by atoms with van der Waals surface area (Å²) in [6.07, 6.45) is 1.19. The molecule has 0 saturated heterocycles. The molecule has 5 heteroatoms. The van der Waals surface area contributed by atoms with Gasteiger partial charge in [-0.1, -0.05) is 6.07 Å². The molecule has 76 valence electrons. The number of rotatable bonds is 1. The van der Waals surface area contributed by atoms with Crippen molar-refractivity contribution in [3.63, 3.8) is 0 Å². The molecule has 0 bridgehead atoms. The van der Waals surface area contributed by atoms with E-state index in [1.807, 2.05) is 6.07 Å². The molecular formula is C10H6INO3. The fraction of sp³-hybridized carbons (Fsp3) is 0.100. The first-order chi connectivity index (χ1) is 7.11. The summed E-state index contributed by atoms with van der Waals surface area (Å²) >= 11 is 2.06. The van der Waals surface area contributed by atoms with Crippen molar-refractivity contribution in [1.82, 2.24) is 0 Å². The largest absolute Gasteiger partial charge is 0.480 e. The van der Waals surface area contributed by atoms with Crippen LogP contribution < -0.4 is 0 Å². The molecule has 1 unspecified atom stereocenters. The number of fused-ring (bicyclic) bond motifs is 1. The second-order valence-electron chi connectivity index (χ2n) is 3.09. The highest BCUT2D eigenvalue weighted by molar-refractivity contribution is 14.1. The van der Waals surface area contributed by atoms with E-state index >= 15 is 0 Å². The molecule has 1 N–H and O–H groups in total. The Kier molecular flexibility index (Phi) is 2.56. The molecule has 1 aromatic carbocycles. The molecule has 0 amide bonds. The lowest BCUT2D eigenvalue weighted by molar-refractivity contribution is -0.137. The second kappa shape index (κ2) is 3.73. The number of carbonyl (C=O) groups is 2. The molecule has 4 nitrogen and oxygen atoms in total. The van der Waals surface area contributed by atoms with Gasteiger partial charge in [0.15, 0.2) is 11.7 Å². The molecule has 15 heavy (non-hydrogen) atoms. The van der Waals surface area contributed by atoms with E-state index in [0.717, 1.165) is 3.57 Å². The summed E-state index contributed by atoms with van der Waals surface area (Å²) in [6, 6.07) is 5.15. The zero-order valence-corrected chi connectivity index (χ0v) is 9.63. The van der Waals surface area contributed by atoms with E-state index in [1.165, 1.54) is 6.21 Å². The molecule has 0 fully saturated rings. The number of carboxylic acids is 1. The van der Waals surface area contributed by atoms with Crippen molar-refractivity contribution in [3.05, 3.63) is 27.3 Å². The quantitative estimate of drug-likeness (QED) is 0.636. The third-order valence-electron chi connectivity index (χ3n) is 2.15. The molecule has 0 aromatic heterocycles. The Labute approximate surface area is 99.2 Å². The van der Waals surface area contributed by atoms with Gasteiger partial charge in [-0.3, -0.25) is 14.6 Å². The van der Waals surface area contributed by atoms with Gasteiger partial charge in [-0.05, 0) is 34.7 Å². The van der Waals surface area contributed by atoms with Crippen LogP contribution in [-0.4, -0.2) is 23.1 Å². The fourth-order valence-electron chi connectivity index (χ4n) is 1.41. The molecule has 1 aliphatic heterocycles. The lowest BCUT2D eigenvalue weighted by atomic mass is 9.95. The average molecular weight is 315 g/mol. The number of aliphatic carboxylic acids is 1. The maximum atomic E-state index is 11.7. The Hall–Kier alpha value is -1.24. The number of para-hydroxylation sites is 1. The highest BCUT2D eigenvalue weighted by Gasteiger charge is 2.30.